The van der Waals surface area contributed by atoms with Crippen LogP contribution in [0, 0.1) is 0 Å². The fraction of sp³-hybridized carbons (Fsp3) is 1.00. The maximum Gasteiger partial charge on any atom is 0.282 e. The van der Waals surface area contributed by atoms with Crippen LogP contribution < -0.4 is 5.32 Å². The smallest absolute Gasteiger partial charge is 0.282 e. The third-order valence-electron chi connectivity index (χ3n) is 3.62. The predicted octanol–water partition coefficient (Wildman–Crippen LogP) is -1.87. The molecule has 0 aliphatic carbocycles. The van der Waals surface area contributed by atoms with Crippen molar-refractivity contribution in [1.29, 1.82) is 0 Å². The van der Waals surface area contributed by atoms with E-state index in [0.29, 0.717) is 39.1 Å². The summed E-state index contributed by atoms with van der Waals surface area (Å²) in [4.78, 5) is 1.96. The second-order valence-electron chi connectivity index (χ2n) is 5.53. The molecule has 7 nitrogen and oxygen atoms in total. The fourth-order valence-corrected chi connectivity index (χ4v) is 4.59. The van der Waals surface area contributed by atoms with Crippen molar-refractivity contribution in [3.63, 3.8) is 0 Å². The molecule has 8 heteroatoms. The first-order valence-electron chi connectivity index (χ1n) is 6.71. The zero-order chi connectivity index (χ0) is 14.0. The normalized spacial score (nSPS) is 31.2. The molecule has 0 amide bonds. The van der Waals surface area contributed by atoms with E-state index in [4.69, 9.17) is 0 Å². The van der Waals surface area contributed by atoms with Gasteiger partial charge in [-0.2, -0.15) is 17.0 Å². The zero-order valence-corrected chi connectivity index (χ0v) is 12.4. The maximum absolute atomic E-state index is 12.6. The van der Waals surface area contributed by atoms with E-state index in [1.165, 1.54) is 8.61 Å². The molecular weight excluding hydrogens is 268 g/mol. The van der Waals surface area contributed by atoms with Gasteiger partial charge in [0, 0.05) is 45.3 Å². The highest BCUT2D eigenvalue weighted by Gasteiger charge is 2.41. The van der Waals surface area contributed by atoms with Gasteiger partial charge in [-0.05, 0) is 20.5 Å². The molecule has 0 radical (unpaired) electrons. The SMILES string of the molecule is CN(C)CC1CC(O)CN1S(=O)(=O)N1CCNCC1. The van der Waals surface area contributed by atoms with Gasteiger partial charge in [0.05, 0.1) is 6.10 Å². The first kappa shape index (κ1) is 15.1. The maximum atomic E-state index is 12.6. The molecule has 112 valence electrons. The van der Waals surface area contributed by atoms with Crippen molar-refractivity contribution in [2.45, 2.75) is 18.6 Å². The Morgan fingerprint density at radius 2 is 1.95 bits per heavy atom. The van der Waals surface area contributed by atoms with E-state index in [9.17, 15) is 13.5 Å². The number of likely N-dealkylation sites (N-methyl/N-ethyl adjacent to an activating group) is 1. The molecule has 2 saturated heterocycles. The van der Waals surface area contributed by atoms with Crippen LogP contribution in [0.2, 0.25) is 0 Å². The second kappa shape index (κ2) is 6.02. The van der Waals surface area contributed by atoms with Gasteiger partial charge < -0.3 is 15.3 Å². The van der Waals surface area contributed by atoms with E-state index < -0.39 is 16.3 Å². The van der Waals surface area contributed by atoms with Gasteiger partial charge in [-0.15, -0.1) is 0 Å². The van der Waals surface area contributed by atoms with Crippen molar-refractivity contribution >= 4 is 10.2 Å². The van der Waals surface area contributed by atoms with Crippen molar-refractivity contribution < 1.29 is 13.5 Å². The molecule has 2 heterocycles. The van der Waals surface area contributed by atoms with Crippen molar-refractivity contribution in [1.82, 2.24) is 18.8 Å². The van der Waals surface area contributed by atoms with Crippen LogP contribution in [0.15, 0.2) is 0 Å². The number of nitrogens with zero attached hydrogens (tertiary/aromatic N) is 3. The summed E-state index contributed by atoms with van der Waals surface area (Å²) in [6.07, 6.45) is -0.0357. The molecule has 2 fully saturated rings. The average molecular weight is 292 g/mol. The lowest BCUT2D eigenvalue weighted by molar-refractivity contribution is 0.187. The molecule has 2 atom stereocenters. The van der Waals surface area contributed by atoms with E-state index in [1.807, 2.05) is 19.0 Å². The molecule has 0 bridgehead atoms. The van der Waals surface area contributed by atoms with Crippen molar-refractivity contribution in [2.75, 3.05) is 53.4 Å². The van der Waals surface area contributed by atoms with E-state index in [0.717, 1.165) is 0 Å². The van der Waals surface area contributed by atoms with Crippen LogP contribution in [0.3, 0.4) is 0 Å². The summed E-state index contributed by atoms with van der Waals surface area (Å²) in [5.41, 5.74) is 0. The third-order valence-corrected chi connectivity index (χ3v) is 5.67. The molecule has 2 N–H and O–H groups in total. The van der Waals surface area contributed by atoms with E-state index in [2.05, 4.69) is 5.32 Å². The molecular formula is C11H24N4O3S. The number of aliphatic hydroxyl groups excluding tert-OH is 1. The molecule has 2 unspecified atom stereocenters. The third kappa shape index (κ3) is 3.45. The summed E-state index contributed by atoms with van der Waals surface area (Å²) in [6, 6.07) is -0.134. The van der Waals surface area contributed by atoms with E-state index in [-0.39, 0.29) is 12.6 Å². The summed E-state index contributed by atoms with van der Waals surface area (Å²) in [5.74, 6) is 0. The number of piperazine rings is 1. The van der Waals surface area contributed by atoms with Gasteiger partial charge in [0.2, 0.25) is 0 Å². The lowest BCUT2D eigenvalue weighted by atomic mass is 10.2. The summed E-state index contributed by atoms with van der Waals surface area (Å²) < 4.78 is 28.2. The Morgan fingerprint density at radius 3 is 2.53 bits per heavy atom. The average Bonchev–Trinajstić information content (AvgIpc) is 2.71. The zero-order valence-electron chi connectivity index (χ0n) is 11.6. The molecule has 0 aromatic rings. The molecule has 0 aromatic carbocycles. The minimum absolute atomic E-state index is 0.134. The Hall–Kier alpha value is -0.250. The van der Waals surface area contributed by atoms with Crippen LogP contribution >= 0.6 is 0 Å². The van der Waals surface area contributed by atoms with Crippen LogP contribution in [0.5, 0.6) is 0 Å². The quantitative estimate of drug-likeness (QED) is 0.635. The minimum atomic E-state index is -3.45. The minimum Gasteiger partial charge on any atom is -0.392 e. The van der Waals surface area contributed by atoms with Crippen LogP contribution in [-0.2, 0) is 10.2 Å². The molecule has 0 saturated carbocycles. The van der Waals surface area contributed by atoms with Gasteiger partial charge in [-0.25, -0.2) is 0 Å². The predicted molar refractivity (Wildman–Crippen MR) is 73.0 cm³/mol. The van der Waals surface area contributed by atoms with E-state index in [1.54, 1.807) is 0 Å². The highest BCUT2D eigenvalue weighted by atomic mass is 32.2. The molecule has 2 aliphatic rings. The van der Waals surface area contributed by atoms with Gasteiger partial charge in [0.1, 0.15) is 0 Å². The Morgan fingerprint density at radius 1 is 1.32 bits per heavy atom. The van der Waals surface area contributed by atoms with Crippen molar-refractivity contribution in [3.8, 4) is 0 Å². The molecule has 0 spiro atoms. The first-order valence-corrected chi connectivity index (χ1v) is 8.11. The fourth-order valence-electron chi connectivity index (χ4n) is 2.76. The van der Waals surface area contributed by atoms with Crippen LogP contribution in [0.25, 0.3) is 0 Å². The van der Waals surface area contributed by atoms with E-state index >= 15 is 0 Å². The van der Waals surface area contributed by atoms with Crippen LogP contribution in [0.4, 0.5) is 0 Å². The van der Waals surface area contributed by atoms with Crippen LogP contribution in [0.1, 0.15) is 6.42 Å². The van der Waals surface area contributed by atoms with Gasteiger partial charge in [-0.3, -0.25) is 0 Å². The number of hydrogen-bond acceptors (Lipinski definition) is 5. The Kier molecular flexibility index (Phi) is 4.80. The molecule has 2 rings (SSSR count). The Bertz CT molecular complexity index is 395. The second-order valence-corrected chi connectivity index (χ2v) is 7.41. The highest BCUT2D eigenvalue weighted by molar-refractivity contribution is 7.86. The number of rotatable bonds is 4. The van der Waals surface area contributed by atoms with Gasteiger partial charge in [-0.1, -0.05) is 0 Å². The van der Waals surface area contributed by atoms with Gasteiger partial charge in [0.25, 0.3) is 10.2 Å². The largest absolute Gasteiger partial charge is 0.392 e. The number of hydrogen-bond donors (Lipinski definition) is 2. The monoisotopic (exact) mass is 292 g/mol. The molecule has 2 aliphatic heterocycles. The highest BCUT2D eigenvalue weighted by Crippen LogP contribution is 2.24. The summed E-state index contributed by atoms with van der Waals surface area (Å²) >= 11 is 0. The standard InChI is InChI=1S/C11H24N4O3S/c1-13(2)8-10-7-11(16)9-15(10)19(17,18)14-5-3-12-4-6-14/h10-12,16H,3-9H2,1-2H3. The molecule has 19 heavy (non-hydrogen) atoms. The number of nitrogens with one attached hydrogen (secondary N) is 1. The first-order chi connectivity index (χ1) is 8.91. The lowest BCUT2D eigenvalue weighted by Crippen LogP contribution is -2.54. The number of β-amino-alcohol motifs (C(OH)–C–C–N with tert-alkyl or cyclic N) is 1. The summed E-state index contributed by atoms with van der Waals surface area (Å²) in [7, 11) is 0.384. The number of aliphatic hydroxyl groups is 1. The van der Waals surface area contributed by atoms with Crippen molar-refractivity contribution in [3.05, 3.63) is 0 Å². The molecule has 0 aromatic heterocycles. The topological polar surface area (TPSA) is 76.1 Å². The summed E-state index contributed by atoms with van der Waals surface area (Å²) in [5, 5.41) is 12.9. The summed E-state index contributed by atoms with van der Waals surface area (Å²) in [6.45, 7) is 3.24. The Labute approximate surface area is 115 Å². The Balaban J connectivity index is 2.12. The van der Waals surface area contributed by atoms with Gasteiger partial charge >= 0.3 is 0 Å². The van der Waals surface area contributed by atoms with Crippen molar-refractivity contribution in [2.24, 2.45) is 0 Å². The lowest BCUT2D eigenvalue weighted by Gasteiger charge is -2.33. The van der Waals surface area contributed by atoms with Gasteiger partial charge in [0.15, 0.2) is 0 Å². The van der Waals surface area contributed by atoms with Crippen LogP contribution in [-0.4, -0.2) is 92.5 Å².